The van der Waals surface area contributed by atoms with E-state index in [1.165, 1.54) is 18.2 Å². The molecule has 0 unspecified atom stereocenters. The van der Waals surface area contributed by atoms with Crippen LogP contribution in [-0.2, 0) is 14.3 Å². The third kappa shape index (κ3) is 6.36. The number of nitriles is 1. The number of nitrogens with zero attached hydrogens (tertiary/aromatic N) is 2. The molecule has 2 aromatic rings. The molecule has 0 saturated carbocycles. The van der Waals surface area contributed by atoms with Crippen molar-refractivity contribution in [3.05, 3.63) is 46.6 Å². The molecule has 0 aliphatic rings. The van der Waals surface area contributed by atoms with Gasteiger partial charge < -0.3 is 15.0 Å². The Labute approximate surface area is 184 Å². The van der Waals surface area contributed by atoms with E-state index >= 15 is 0 Å². The second-order valence-corrected chi connectivity index (χ2v) is 8.86. The third-order valence-electron chi connectivity index (χ3n) is 4.24. The Balaban J connectivity index is 2.08. The van der Waals surface area contributed by atoms with Gasteiger partial charge in [0.2, 0.25) is 5.91 Å². The van der Waals surface area contributed by atoms with Crippen LogP contribution in [0.15, 0.2) is 30.3 Å². The molecular formula is C22H24FN3O4S. The third-order valence-corrected chi connectivity index (χ3v) is 5.37. The molecule has 2 rings (SSSR count). The number of benzene rings is 1. The number of rotatable bonds is 7. The van der Waals surface area contributed by atoms with Crippen molar-refractivity contribution in [3.8, 4) is 6.07 Å². The van der Waals surface area contributed by atoms with Crippen molar-refractivity contribution >= 4 is 39.8 Å². The summed E-state index contributed by atoms with van der Waals surface area (Å²) in [7, 11) is 0. The molecule has 164 valence electrons. The van der Waals surface area contributed by atoms with Crippen LogP contribution in [0.4, 0.5) is 15.1 Å². The molecule has 7 nitrogen and oxygen atoms in total. The Kier molecular flexibility index (Phi) is 7.89. The summed E-state index contributed by atoms with van der Waals surface area (Å²) in [6, 6.07) is 9.25. The Morgan fingerprint density at radius 1 is 1.26 bits per heavy atom. The number of carbonyl (C=O) groups excluding carboxylic acids is 3. The number of anilines is 2. The van der Waals surface area contributed by atoms with Crippen LogP contribution in [0.2, 0.25) is 0 Å². The van der Waals surface area contributed by atoms with E-state index in [0.717, 1.165) is 16.2 Å². The highest BCUT2D eigenvalue weighted by Crippen LogP contribution is 2.29. The van der Waals surface area contributed by atoms with Crippen molar-refractivity contribution in [1.29, 1.82) is 5.26 Å². The second-order valence-electron chi connectivity index (χ2n) is 7.81. The van der Waals surface area contributed by atoms with Gasteiger partial charge in [0.05, 0.1) is 23.2 Å². The molecule has 0 bridgehead atoms. The van der Waals surface area contributed by atoms with Crippen molar-refractivity contribution in [2.45, 2.75) is 34.1 Å². The molecule has 1 N–H and O–H groups in total. The molecule has 0 aliphatic heterocycles. The lowest BCUT2D eigenvalue weighted by Crippen LogP contribution is -2.36. The number of hydrogen-bond acceptors (Lipinski definition) is 6. The van der Waals surface area contributed by atoms with Gasteiger partial charge in [-0.25, -0.2) is 9.18 Å². The predicted octanol–water partition coefficient (Wildman–Crippen LogP) is 4.28. The molecule has 0 radical (unpaired) electrons. The largest absolute Gasteiger partial charge is 0.451 e. The SMILES string of the molecule is Cc1cc(NC(=O)C(C)(C)C)sc1C(=O)OCC(=O)N(CCC#N)c1ccccc1F. The number of halogens is 1. The number of aryl methyl sites for hydroxylation is 1. The standard InChI is InChI=1S/C22H24FN3O4S/c1-14-12-17(25-21(29)22(2,3)4)31-19(14)20(28)30-13-18(27)26(11-7-10-24)16-9-6-5-8-15(16)23/h5-6,8-9,12H,7,11,13H2,1-4H3,(H,25,29). The van der Waals surface area contributed by atoms with Gasteiger partial charge in [-0.1, -0.05) is 32.9 Å². The molecule has 1 aromatic carbocycles. The van der Waals surface area contributed by atoms with Gasteiger partial charge in [-0.3, -0.25) is 9.59 Å². The highest BCUT2D eigenvalue weighted by molar-refractivity contribution is 7.18. The summed E-state index contributed by atoms with van der Waals surface area (Å²) < 4.78 is 19.3. The quantitative estimate of drug-likeness (QED) is 0.641. The number of nitrogens with one attached hydrogen (secondary N) is 1. The van der Waals surface area contributed by atoms with E-state index in [9.17, 15) is 18.8 Å². The molecule has 0 aliphatic carbocycles. The lowest BCUT2D eigenvalue weighted by molar-refractivity contribution is -0.123. The zero-order chi connectivity index (χ0) is 23.2. The predicted molar refractivity (Wildman–Crippen MR) is 116 cm³/mol. The van der Waals surface area contributed by atoms with Gasteiger partial charge in [-0.05, 0) is 30.7 Å². The van der Waals surface area contributed by atoms with Crippen LogP contribution in [-0.4, -0.2) is 30.9 Å². The van der Waals surface area contributed by atoms with Gasteiger partial charge >= 0.3 is 5.97 Å². The molecule has 0 saturated heterocycles. The van der Waals surface area contributed by atoms with Crippen LogP contribution >= 0.6 is 11.3 Å². The summed E-state index contributed by atoms with van der Waals surface area (Å²) in [5, 5.41) is 12.1. The van der Waals surface area contributed by atoms with Gasteiger partial charge in [0.15, 0.2) is 6.61 Å². The number of hydrogen-bond donors (Lipinski definition) is 1. The van der Waals surface area contributed by atoms with Crippen LogP contribution in [0.1, 0.15) is 42.4 Å². The van der Waals surface area contributed by atoms with Crippen molar-refractivity contribution in [2.24, 2.45) is 5.41 Å². The normalized spacial score (nSPS) is 10.8. The Hall–Kier alpha value is -3.25. The fraction of sp³-hybridized carbons (Fsp3) is 0.364. The van der Waals surface area contributed by atoms with Gasteiger partial charge in [-0.2, -0.15) is 5.26 Å². The zero-order valence-electron chi connectivity index (χ0n) is 17.8. The maximum Gasteiger partial charge on any atom is 0.349 e. The van der Waals surface area contributed by atoms with Gasteiger partial charge in [0.1, 0.15) is 10.7 Å². The minimum atomic E-state index is -0.721. The molecule has 0 atom stereocenters. The zero-order valence-corrected chi connectivity index (χ0v) is 18.6. The fourth-order valence-electron chi connectivity index (χ4n) is 2.53. The lowest BCUT2D eigenvalue weighted by Gasteiger charge is -2.22. The van der Waals surface area contributed by atoms with Crippen molar-refractivity contribution < 1.29 is 23.5 Å². The Morgan fingerprint density at radius 3 is 2.55 bits per heavy atom. The molecular weight excluding hydrogens is 421 g/mol. The van der Waals surface area contributed by atoms with E-state index in [0.29, 0.717) is 10.6 Å². The first-order chi connectivity index (χ1) is 14.5. The maximum absolute atomic E-state index is 14.1. The minimum absolute atomic E-state index is 0.00507. The molecule has 0 spiro atoms. The molecule has 31 heavy (non-hydrogen) atoms. The summed E-state index contributed by atoms with van der Waals surface area (Å²) >= 11 is 1.05. The monoisotopic (exact) mass is 445 g/mol. The molecule has 1 heterocycles. The van der Waals surface area contributed by atoms with Gasteiger partial charge in [0.25, 0.3) is 5.91 Å². The highest BCUT2D eigenvalue weighted by atomic mass is 32.1. The van der Waals surface area contributed by atoms with Crippen molar-refractivity contribution in [1.82, 2.24) is 0 Å². The van der Waals surface area contributed by atoms with Crippen molar-refractivity contribution in [3.63, 3.8) is 0 Å². The Bertz CT molecular complexity index is 1020. The fourth-order valence-corrected chi connectivity index (χ4v) is 3.49. The van der Waals surface area contributed by atoms with E-state index in [1.54, 1.807) is 39.8 Å². The summed E-state index contributed by atoms with van der Waals surface area (Å²) in [6.45, 7) is 6.38. The molecule has 1 aromatic heterocycles. The summed E-state index contributed by atoms with van der Waals surface area (Å²) in [6.07, 6.45) is -0.00507. The average molecular weight is 446 g/mol. The van der Waals surface area contributed by atoms with E-state index in [2.05, 4.69) is 5.32 Å². The second kappa shape index (κ2) is 10.2. The van der Waals surface area contributed by atoms with Crippen LogP contribution < -0.4 is 10.2 Å². The lowest BCUT2D eigenvalue weighted by atomic mass is 9.96. The number of amides is 2. The first-order valence-corrected chi connectivity index (χ1v) is 10.4. The number of esters is 1. The van der Waals surface area contributed by atoms with E-state index in [4.69, 9.17) is 10.00 Å². The van der Waals surface area contributed by atoms with Crippen LogP contribution in [0.3, 0.4) is 0 Å². The number of para-hydroxylation sites is 1. The highest BCUT2D eigenvalue weighted by Gasteiger charge is 2.24. The maximum atomic E-state index is 14.1. The molecule has 9 heteroatoms. The number of ether oxygens (including phenoxy) is 1. The summed E-state index contributed by atoms with van der Waals surface area (Å²) in [5.74, 6) is -2.18. The minimum Gasteiger partial charge on any atom is -0.451 e. The van der Waals surface area contributed by atoms with Gasteiger partial charge in [-0.15, -0.1) is 11.3 Å². The van der Waals surface area contributed by atoms with Crippen LogP contribution in [0.25, 0.3) is 0 Å². The van der Waals surface area contributed by atoms with Crippen LogP contribution in [0.5, 0.6) is 0 Å². The van der Waals surface area contributed by atoms with E-state index < -0.39 is 29.7 Å². The topological polar surface area (TPSA) is 99.5 Å². The van der Waals surface area contributed by atoms with E-state index in [-0.39, 0.29) is 29.4 Å². The number of carbonyl (C=O) groups is 3. The van der Waals surface area contributed by atoms with Crippen molar-refractivity contribution in [2.75, 3.05) is 23.4 Å². The summed E-state index contributed by atoms with van der Waals surface area (Å²) in [5.41, 5.74) is 0.0188. The molecule has 2 amide bonds. The first kappa shape index (κ1) is 24.0. The number of thiophene rings is 1. The van der Waals surface area contributed by atoms with Gasteiger partial charge in [0, 0.05) is 12.0 Å². The smallest absolute Gasteiger partial charge is 0.349 e. The first-order valence-electron chi connectivity index (χ1n) is 9.55. The average Bonchev–Trinajstić information content (AvgIpc) is 3.07. The van der Waals surface area contributed by atoms with Crippen LogP contribution in [0, 0.1) is 29.5 Å². The summed E-state index contributed by atoms with van der Waals surface area (Å²) in [4.78, 5) is 38.6. The Morgan fingerprint density at radius 2 is 1.94 bits per heavy atom. The van der Waals surface area contributed by atoms with E-state index in [1.807, 2.05) is 6.07 Å². The molecule has 0 fully saturated rings.